The molecule has 0 amide bonds. The summed E-state index contributed by atoms with van der Waals surface area (Å²) in [4.78, 5) is 2.42. The number of fused-ring (bicyclic) bond motifs is 7. The predicted molar refractivity (Wildman–Crippen MR) is 270 cm³/mol. The molecule has 0 saturated carbocycles. The second-order valence-corrected chi connectivity index (χ2v) is 16.5. The maximum Gasteiger partial charge on any atom is 0.0468 e. The SMILES string of the molecule is c1ccc(-c2ccc3cc(N(c4ccc(-c5ccc6c(ccc7ccccc76)c5)cc4)c4ccc5c(c4)c(-c4ccccc4)c(-c4ccccc4)c4ccccc45)ccc3c2)cc1. The second kappa shape index (κ2) is 15.3. The summed E-state index contributed by atoms with van der Waals surface area (Å²) in [6.45, 7) is 0. The van der Waals surface area contributed by atoms with Crippen molar-refractivity contribution in [1.29, 1.82) is 0 Å². The van der Waals surface area contributed by atoms with E-state index in [0.717, 1.165) is 17.1 Å². The van der Waals surface area contributed by atoms with Gasteiger partial charge in [0.15, 0.2) is 0 Å². The van der Waals surface area contributed by atoms with E-state index in [2.05, 4.69) is 254 Å². The van der Waals surface area contributed by atoms with Crippen LogP contribution in [0.3, 0.4) is 0 Å². The van der Waals surface area contributed by atoms with Crippen molar-refractivity contribution in [3.8, 4) is 44.5 Å². The van der Waals surface area contributed by atoms with Gasteiger partial charge in [0.05, 0.1) is 0 Å². The monoisotopic (exact) mass is 799 g/mol. The number of hydrogen-bond acceptors (Lipinski definition) is 1. The topological polar surface area (TPSA) is 3.24 Å². The Morgan fingerprint density at radius 2 is 0.603 bits per heavy atom. The van der Waals surface area contributed by atoms with E-state index < -0.39 is 0 Å². The highest BCUT2D eigenvalue weighted by atomic mass is 15.1. The van der Waals surface area contributed by atoms with Crippen LogP contribution < -0.4 is 4.90 Å². The van der Waals surface area contributed by atoms with E-state index in [-0.39, 0.29) is 0 Å². The molecule has 294 valence electrons. The standard InChI is InChI=1S/C62H41N/c1-4-14-42(15-5-1)47-25-26-50-40-53(34-30-49(50)38-47)63(52-32-28-43(29-33-52)48-31-36-56-51(39-48)27-24-44-16-10-11-21-55(44)56)54-35-37-58-57-22-12-13-23-59(57)61(45-17-6-2-7-18-45)62(60(58)41-54)46-19-8-3-9-20-46/h1-41H. The molecule has 0 atom stereocenters. The first-order valence-corrected chi connectivity index (χ1v) is 21.7. The lowest BCUT2D eigenvalue weighted by atomic mass is 9.85. The van der Waals surface area contributed by atoms with Crippen molar-refractivity contribution >= 4 is 70.9 Å². The summed E-state index contributed by atoms with van der Waals surface area (Å²) in [5.74, 6) is 0. The van der Waals surface area contributed by atoms with Crippen molar-refractivity contribution in [2.24, 2.45) is 0 Å². The normalized spacial score (nSPS) is 11.5. The number of nitrogens with zero attached hydrogens (tertiary/aromatic N) is 1. The van der Waals surface area contributed by atoms with Crippen molar-refractivity contribution in [3.05, 3.63) is 249 Å². The first kappa shape index (κ1) is 36.6. The molecule has 12 aromatic carbocycles. The van der Waals surface area contributed by atoms with Gasteiger partial charge >= 0.3 is 0 Å². The lowest BCUT2D eigenvalue weighted by Crippen LogP contribution is -2.10. The minimum Gasteiger partial charge on any atom is -0.310 e. The fourth-order valence-corrected chi connectivity index (χ4v) is 9.75. The first-order valence-electron chi connectivity index (χ1n) is 21.7. The summed E-state index contributed by atoms with van der Waals surface area (Å²) in [5, 5.41) is 12.4. The molecule has 12 rings (SSSR count). The Kier molecular flexibility index (Phi) is 8.90. The zero-order valence-electron chi connectivity index (χ0n) is 34.6. The summed E-state index contributed by atoms with van der Waals surface area (Å²) >= 11 is 0. The molecule has 0 spiro atoms. The van der Waals surface area contributed by atoms with Crippen LogP contribution in [0.5, 0.6) is 0 Å². The third-order valence-electron chi connectivity index (χ3n) is 12.8. The first-order chi connectivity index (χ1) is 31.2. The number of hydrogen-bond donors (Lipinski definition) is 0. The van der Waals surface area contributed by atoms with Crippen LogP contribution in [0, 0.1) is 0 Å². The molecule has 0 unspecified atom stereocenters. The molecule has 12 aromatic rings. The molecule has 0 radical (unpaired) electrons. The van der Waals surface area contributed by atoms with Crippen LogP contribution in [-0.4, -0.2) is 0 Å². The molecule has 1 heteroatoms. The van der Waals surface area contributed by atoms with Gasteiger partial charge in [0.1, 0.15) is 0 Å². The third-order valence-corrected chi connectivity index (χ3v) is 12.8. The van der Waals surface area contributed by atoms with Gasteiger partial charge in [0.2, 0.25) is 0 Å². The van der Waals surface area contributed by atoms with Crippen LogP contribution in [0.25, 0.3) is 98.4 Å². The van der Waals surface area contributed by atoms with Crippen molar-refractivity contribution in [2.45, 2.75) is 0 Å². The zero-order chi connectivity index (χ0) is 41.7. The summed E-state index contributed by atoms with van der Waals surface area (Å²) in [6.07, 6.45) is 0. The maximum atomic E-state index is 2.42. The van der Waals surface area contributed by atoms with Crippen molar-refractivity contribution in [1.82, 2.24) is 0 Å². The van der Waals surface area contributed by atoms with E-state index in [1.807, 2.05) is 0 Å². The molecule has 63 heavy (non-hydrogen) atoms. The van der Waals surface area contributed by atoms with Crippen LogP contribution >= 0.6 is 0 Å². The molecule has 0 aliphatic carbocycles. The van der Waals surface area contributed by atoms with Crippen molar-refractivity contribution < 1.29 is 0 Å². The molecule has 1 nitrogen and oxygen atoms in total. The molecule has 0 aliphatic rings. The van der Waals surface area contributed by atoms with E-state index in [9.17, 15) is 0 Å². The minimum absolute atomic E-state index is 1.09. The Labute approximate surface area is 367 Å². The molecule has 0 heterocycles. The molecular weight excluding hydrogens is 759 g/mol. The summed E-state index contributed by atoms with van der Waals surface area (Å²) in [5.41, 5.74) is 13.0. The van der Waals surface area contributed by atoms with Crippen molar-refractivity contribution in [2.75, 3.05) is 4.90 Å². The van der Waals surface area contributed by atoms with Crippen LogP contribution in [-0.2, 0) is 0 Å². The fraction of sp³-hybridized carbons (Fsp3) is 0. The van der Waals surface area contributed by atoms with Gasteiger partial charge in [-0.3, -0.25) is 0 Å². The van der Waals surface area contributed by atoms with Gasteiger partial charge in [-0.05, 0) is 147 Å². The number of benzene rings is 12. The number of rotatable bonds is 7. The van der Waals surface area contributed by atoms with E-state index >= 15 is 0 Å². The highest BCUT2D eigenvalue weighted by molar-refractivity contribution is 6.22. The molecule has 0 aliphatic heterocycles. The average Bonchev–Trinajstić information content (AvgIpc) is 3.36. The molecule has 0 N–H and O–H groups in total. The maximum absolute atomic E-state index is 2.42. The number of anilines is 3. The highest BCUT2D eigenvalue weighted by Crippen LogP contribution is 2.47. The molecule has 0 bridgehead atoms. The van der Waals surface area contributed by atoms with Crippen LogP contribution in [0.4, 0.5) is 17.1 Å². The second-order valence-electron chi connectivity index (χ2n) is 16.5. The van der Waals surface area contributed by atoms with Gasteiger partial charge in [-0.25, -0.2) is 0 Å². The van der Waals surface area contributed by atoms with Crippen molar-refractivity contribution in [3.63, 3.8) is 0 Å². The quantitative estimate of drug-likeness (QED) is 0.145. The van der Waals surface area contributed by atoms with Gasteiger partial charge in [-0.15, -0.1) is 0 Å². The summed E-state index contributed by atoms with van der Waals surface area (Å²) < 4.78 is 0. The molecule has 0 saturated heterocycles. The Morgan fingerprint density at radius 1 is 0.190 bits per heavy atom. The lowest BCUT2D eigenvalue weighted by molar-refractivity contribution is 1.29. The molecule has 0 fully saturated rings. The predicted octanol–water partition coefficient (Wildman–Crippen LogP) is 17.6. The van der Waals surface area contributed by atoms with E-state index in [4.69, 9.17) is 0 Å². The zero-order valence-corrected chi connectivity index (χ0v) is 34.6. The fourth-order valence-electron chi connectivity index (χ4n) is 9.75. The van der Waals surface area contributed by atoms with Crippen LogP contribution in [0.1, 0.15) is 0 Å². The Hall–Kier alpha value is -8.26. The minimum atomic E-state index is 1.09. The van der Waals surface area contributed by atoms with E-state index in [1.54, 1.807) is 0 Å². The van der Waals surface area contributed by atoms with Gasteiger partial charge < -0.3 is 4.90 Å². The largest absolute Gasteiger partial charge is 0.310 e. The van der Waals surface area contributed by atoms with Gasteiger partial charge in [-0.2, -0.15) is 0 Å². The Balaban J connectivity index is 1.05. The molecular formula is C62H41N. The van der Waals surface area contributed by atoms with Crippen LogP contribution in [0.15, 0.2) is 249 Å². The van der Waals surface area contributed by atoms with Gasteiger partial charge in [0.25, 0.3) is 0 Å². The smallest absolute Gasteiger partial charge is 0.0468 e. The Morgan fingerprint density at radius 3 is 1.33 bits per heavy atom. The van der Waals surface area contributed by atoms with Crippen LogP contribution in [0.2, 0.25) is 0 Å². The van der Waals surface area contributed by atoms with Gasteiger partial charge in [0, 0.05) is 17.1 Å². The summed E-state index contributed by atoms with van der Waals surface area (Å²) in [7, 11) is 0. The third kappa shape index (κ3) is 6.50. The molecule has 0 aromatic heterocycles. The summed E-state index contributed by atoms with van der Waals surface area (Å²) in [6, 6.07) is 91.1. The van der Waals surface area contributed by atoms with Gasteiger partial charge in [-0.1, -0.05) is 200 Å². The van der Waals surface area contributed by atoms with E-state index in [0.29, 0.717) is 0 Å². The lowest BCUT2D eigenvalue weighted by Gasteiger charge is -2.27. The van der Waals surface area contributed by atoms with E-state index in [1.165, 1.54) is 98.4 Å². The average molecular weight is 800 g/mol. The Bertz CT molecular complexity index is 3650. The highest BCUT2D eigenvalue weighted by Gasteiger charge is 2.21.